The van der Waals surface area contributed by atoms with Crippen LogP contribution in [0.3, 0.4) is 0 Å². The van der Waals surface area contributed by atoms with Gasteiger partial charge in [0, 0.05) is 52.2 Å². The van der Waals surface area contributed by atoms with E-state index >= 15 is 0 Å². The molecule has 41 heavy (non-hydrogen) atoms. The number of carbonyl (C=O) groups excluding carboxylic acids is 3. The summed E-state index contributed by atoms with van der Waals surface area (Å²) in [6.45, 7) is 3.71. The van der Waals surface area contributed by atoms with E-state index in [1.807, 2.05) is 0 Å². The monoisotopic (exact) mass is 606 g/mol. The molecule has 0 aromatic heterocycles. The quantitative estimate of drug-likeness (QED) is 0.373. The van der Waals surface area contributed by atoms with Crippen molar-refractivity contribution in [2.24, 2.45) is 17.8 Å². The molecule has 2 aromatic carbocycles. The van der Waals surface area contributed by atoms with Crippen LogP contribution < -0.4 is 10.0 Å². The van der Waals surface area contributed by atoms with E-state index in [2.05, 4.69) is 10.0 Å². The van der Waals surface area contributed by atoms with Gasteiger partial charge >= 0.3 is 6.03 Å². The van der Waals surface area contributed by atoms with Crippen molar-refractivity contribution < 1.29 is 22.8 Å². The van der Waals surface area contributed by atoms with Crippen LogP contribution in [-0.4, -0.2) is 72.8 Å². The summed E-state index contributed by atoms with van der Waals surface area (Å²) in [7, 11) is -4.06. The fourth-order valence-corrected chi connectivity index (χ4v) is 9.00. The van der Waals surface area contributed by atoms with Crippen molar-refractivity contribution in [3.05, 3.63) is 64.2 Å². The first-order valence-electron chi connectivity index (χ1n) is 14.0. The minimum Gasteiger partial charge on any atom is -0.332 e. The SMILES string of the molecule is CC1(C)C(=O)N(CCc2ccc(S(=O)(=O)NC(=O)NC34CC5CC(CC(C5)C3)C4)cc2)C(=O)c2cc(Cl)ccc21.[Na]. The number of carbonyl (C=O) groups is 3. The molecule has 2 aromatic rings. The Bertz CT molecular complexity index is 1470. The Balaban J connectivity index is 0.00000337. The fourth-order valence-electron chi connectivity index (χ4n) is 7.92. The van der Waals surface area contributed by atoms with Crippen LogP contribution in [0.4, 0.5) is 4.79 Å². The molecule has 11 heteroatoms. The summed E-state index contributed by atoms with van der Waals surface area (Å²) in [5.41, 5.74) is 0.650. The molecular formula is C30H34ClN3NaO5S. The molecule has 4 aliphatic carbocycles. The first kappa shape index (κ1) is 30.5. The molecular weight excluding hydrogens is 573 g/mol. The van der Waals surface area contributed by atoms with Crippen LogP contribution in [-0.2, 0) is 26.7 Å². The first-order valence-corrected chi connectivity index (χ1v) is 15.8. The standard InChI is InChI=1S/C30H34ClN3O5S.Na/c1-29(2)25-8-5-22(31)14-24(25)26(35)34(27(29)36)10-9-18-3-6-23(7-4-18)40(38,39)33-28(37)32-30-15-19-11-20(16-30)13-21(12-19)17-30;/h3-8,14,19-21H,9-13,15-17H2,1-2H3,(H2,32,33,37);. The molecule has 4 amide bonds. The van der Waals surface area contributed by atoms with Gasteiger partial charge in [0.25, 0.3) is 15.9 Å². The number of nitrogens with one attached hydrogen (secondary N) is 2. The number of benzene rings is 2. The maximum absolute atomic E-state index is 13.2. The van der Waals surface area contributed by atoms with E-state index < -0.39 is 27.4 Å². The summed E-state index contributed by atoms with van der Waals surface area (Å²) in [4.78, 5) is 40.3. The minimum absolute atomic E-state index is 0. The number of imide groups is 1. The minimum atomic E-state index is -4.06. The number of rotatable bonds is 6. The summed E-state index contributed by atoms with van der Waals surface area (Å²) in [5.74, 6) is 1.20. The van der Waals surface area contributed by atoms with Gasteiger partial charge in [0.05, 0.1) is 10.3 Å². The zero-order chi connectivity index (χ0) is 28.4. The molecule has 213 valence electrons. The first-order chi connectivity index (χ1) is 18.8. The van der Waals surface area contributed by atoms with Crippen LogP contribution in [0.25, 0.3) is 0 Å². The molecule has 7 rings (SSSR count). The van der Waals surface area contributed by atoms with E-state index in [1.165, 1.54) is 36.3 Å². The molecule has 4 fully saturated rings. The molecule has 1 heterocycles. The van der Waals surface area contributed by atoms with Crippen molar-refractivity contribution >= 4 is 69.0 Å². The Morgan fingerprint density at radius 3 is 2.15 bits per heavy atom. The van der Waals surface area contributed by atoms with Gasteiger partial charge in [0.2, 0.25) is 5.91 Å². The van der Waals surface area contributed by atoms with Crippen LogP contribution >= 0.6 is 11.6 Å². The Morgan fingerprint density at radius 1 is 0.976 bits per heavy atom. The van der Waals surface area contributed by atoms with Gasteiger partial charge in [-0.25, -0.2) is 17.9 Å². The molecule has 4 saturated carbocycles. The Hall–Kier alpha value is -1.91. The Morgan fingerprint density at radius 2 is 1.56 bits per heavy atom. The Kier molecular flexibility index (Phi) is 8.18. The zero-order valence-corrected chi connectivity index (χ0v) is 27.3. The second-order valence-corrected chi connectivity index (χ2v) is 14.8. The second kappa shape index (κ2) is 11.0. The van der Waals surface area contributed by atoms with Gasteiger partial charge in [-0.2, -0.15) is 0 Å². The smallest absolute Gasteiger partial charge is 0.329 e. The van der Waals surface area contributed by atoms with Gasteiger partial charge in [-0.3, -0.25) is 14.5 Å². The number of nitrogens with zero attached hydrogens (tertiary/aromatic N) is 1. The normalized spacial score (nSPS) is 27.7. The largest absolute Gasteiger partial charge is 0.332 e. The number of sulfonamides is 1. The molecule has 1 aliphatic heterocycles. The third kappa shape index (κ3) is 5.73. The molecule has 4 bridgehead atoms. The van der Waals surface area contributed by atoms with Crippen molar-refractivity contribution in [2.75, 3.05) is 6.54 Å². The van der Waals surface area contributed by atoms with Gasteiger partial charge in [0.15, 0.2) is 0 Å². The van der Waals surface area contributed by atoms with Crippen molar-refractivity contribution in [1.29, 1.82) is 0 Å². The summed E-state index contributed by atoms with van der Waals surface area (Å²) in [6.07, 6.45) is 6.83. The van der Waals surface area contributed by atoms with E-state index in [9.17, 15) is 22.8 Å². The summed E-state index contributed by atoms with van der Waals surface area (Å²) >= 11 is 6.12. The van der Waals surface area contributed by atoms with Crippen molar-refractivity contribution in [1.82, 2.24) is 14.9 Å². The number of fused-ring (bicyclic) bond motifs is 1. The molecule has 0 saturated heterocycles. The van der Waals surface area contributed by atoms with Gasteiger partial charge < -0.3 is 5.32 Å². The van der Waals surface area contributed by atoms with Crippen LogP contribution in [0, 0.1) is 17.8 Å². The second-order valence-electron chi connectivity index (χ2n) is 12.7. The maximum atomic E-state index is 13.2. The van der Waals surface area contributed by atoms with Gasteiger partial charge in [0.1, 0.15) is 0 Å². The van der Waals surface area contributed by atoms with E-state index in [0.717, 1.165) is 24.8 Å². The number of hydrogen-bond acceptors (Lipinski definition) is 5. The summed E-state index contributed by atoms with van der Waals surface area (Å²) < 4.78 is 28.1. The molecule has 2 N–H and O–H groups in total. The zero-order valence-electron chi connectivity index (χ0n) is 23.7. The van der Waals surface area contributed by atoms with Crippen molar-refractivity contribution in [3.63, 3.8) is 0 Å². The van der Waals surface area contributed by atoms with Crippen molar-refractivity contribution in [2.45, 2.75) is 74.6 Å². The molecule has 0 spiro atoms. The maximum Gasteiger partial charge on any atom is 0.329 e. The summed E-state index contributed by atoms with van der Waals surface area (Å²) in [5, 5.41) is 3.46. The molecule has 8 nitrogen and oxygen atoms in total. The number of halogens is 1. The number of amides is 4. The topological polar surface area (TPSA) is 113 Å². The van der Waals surface area contributed by atoms with Gasteiger partial charge in [-0.05, 0) is 112 Å². The van der Waals surface area contributed by atoms with Gasteiger partial charge in [-0.15, -0.1) is 0 Å². The van der Waals surface area contributed by atoms with Gasteiger partial charge in [-0.1, -0.05) is 29.8 Å². The van der Waals surface area contributed by atoms with Crippen LogP contribution in [0.15, 0.2) is 47.4 Å². The van der Waals surface area contributed by atoms with Crippen LogP contribution in [0.5, 0.6) is 0 Å². The predicted octanol–water partition coefficient (Wildman–Crippen LogP) is 4.42. The van der Waals surface area contributed by atoms with E-state index in [4.69, 9.17) is 11.6 Å². The van der Waals surface area contributed by atoms with Crippen LogP contribution in [0.1, 0.15) is 73.9 Å². The third-order valence-corrected chi connectivity index (χ3v) is 11.0. The molecule has 0 unspecified atom stereocenters. The van der Waals surface area contributed by atoms with E-state index in [1.54, 1.807) is 44.2 Å². The number of urea groups is 1. The van der Waals surface area contributed by atoms with E-state index in [0.29, 0.717) is 40.3 Å². The third-order valence-electron chi connectivity index (χ3n) is 9.41. The predicted molar refractivity (Wildman–Crippen MR) is 156 cm³/mol. The molecule has 0 atom stereocenters. The summed E-state index contributed by atoms with van der Waals surface area (Å²) in [6, 6.07) is 10.5. The Labute approximate surface area is 268 Å². The molecule has 1 radical (unpaired) electrons. The van der Waals surface area contributed by atoms with E-state index in [-0.39, 0.29) is 52.4 Å². The fraction of sp³-hybridized carbons (Fsp3) is 0.500. The van der Waals surface area contributed by atoms with Crippen molar-refractivity contribution in [3.8, 4) is 0 Å². The molecule has 5 aliphatic rings. The average molecular weight is 607 g/mol. The number of hydrogen-bond donors (Lipinski definition) is 2. The van der Waals surface area contributed by atoms with Crippen LogP contribution in [0.2, 0.25) is 5.02 Å². The average Bonchev–Trinajstić information content (AvgIpc) is 2.86.